The zero-order valence-corrected chi connectivity index (χ0v) is 24.8. The maximum atomic E-state index is 13.7. The van der Waals surface area contributed by atoms with E-state index in [1.54, 1.807) is 12.1 Å². The Kier molecular flexibility index (Phi) is 8.58. The molecule has 4 saturated heterocycles. The number of fused-ring (bicyclic) bond motifs is 3. The third kappa shape index (κ3) is 6.35. The molecular weight excluding hydrogens is 587 g/mol. The lowest BCUT2D eigenvalue weighted by atomic mass is 9.93. The molecule has 5 atom stereocenters. The van der Waals surface area contributed by atoms with Crippen LogP contribution in [0.3, 0.4) is 0 Å². The maximum Gasteiger partial charge on any atom is 0.161 e. The fourth-order valence-electron chi connectivity index (χ4n) is 6.27. The zero-order chi connectivity index (χ0) is 30.0. The van der Waals surface area contributed by atoms with E-state index in [4.69, 9.17) is 30.5 Å². The number of nitrogens with one attached hydrogen (secondary N) is 1. The summed E-state index contributed by atoms with van der Waals surface area (Å²) in [7, 11) is 0. The number of halogens is 2. The molecule has 4 fully saturated rings. The number of ketones is 1. The SMILES string of the molecule is O=C(/C=C/CN1CC2OCCOC2C1)Cc1cc2c(Nc3ccc(F)c(Cl)c3)ncnc2cc1C#CC1COC2OCCC12. The van der Waals surface area contributed by atoms with Crippen LogP contribution >= 0.6 is 11.6 Å². The molecule has 3 aromatic rings. The quantitative estimate of drug-likeness (QED) is 0.307. The molecule has 5 heterocycles. The van der Waals surface area contributed by atoms with Gasteiger partial charge in [-0.25, -0.2) is 14.4 Å². The first-order valence-corrected chi connectivity index (χ1v) is 15.3. The summed E-state index contributed by atoms with van der Waals surface area (Å²) in [5, 5.41) is 3.92. The lowest BCUT2D eigenvalue weighted by Crippen LogP contribution is -2.36. The molecule has 4 aliphatic heterocycles. The number of ether oxygens (including phenoxy) is 4. The number of aromatic nitrogens is 2. The summed E-state index contributed by atoms with van der Waals surface area (Å²) in [5.74, 6) is 7.01. The Morgan fingerprint density at radius 1 is 1.09 bits per heavy atom. The van der Waals surface area contributed by atoms with E-state index in [2.05, 4.69) is 32.0 Å². The molecule has 0 bridgehead atoms. The van der Waals surface area contributed by atoms with E-state index in [1.807, 2.05) is 18.2 Å². The molecule has 44 heavy (non-hydrogen) atoms. The molecule has 9 nitrogen and oxygen atoms in total. The molecule has 7 rings (SSSR count). The van der Waals surface area contributed by atoms with Crippen molar-refractivity contribution in [3.8, 4) is 11.8 Å². The largest absolute Gasteiger partial charge is 0.372 e. The molecule has 0 spiro atoms. The Morgan fingerprint density at radius 3 is 2.75 bits per heavy atom. The first kappa shape index (κ1) is 29.3. The third-order valence-corrected chi connectivity index (χ3v) is 8.83. The Morgan fingerprint density at radius 2 is 1.93 bits per heavy atom. The molecule has 1 N–H and O–H groups in total. The van der Waals surface area contributed by atoms with Gasteiger partial charge in [0.05, 0.1) is 55.1 Å². The number of rotatable bonds is 7. The van der Waals surface area contributed by atoms with Gasteiger partial charge in [-0.1, -0.05) is 29.5 Å². The molecule has 4 aliphatic rings. The number of nitrogens with zero attached hydrogens (tertiary/aromatic N) is 3. The molecular formula is C33H32ClFN4O5. The van der Waals surface area contributed by atoms with Crippen LogP contribution in [-0.4, -0.2) is 85.2 Å². The number of carbonyl (C=O) groups excluding carboxylic acids is 1. The van der Waals surface area contributed by atoms with Crippen LogP contribution < -0.4 is 5.32 Å². The van der Waals surface area contributed by atoms with Crippen LogP contribution in [0.4, 0.5) is 15.9 Å². The van der Waals surface area contributed by atoms with Gasteiger partial charge in [0, 0.05) is 48.6 Å². The van der Waals surface area contributed by atoms with Crippen molar-refractivity contribution in [2.75, 3.05) is 51.4 Å². The van der Waals surface area contributed by atoms with Crippen LogP contribution in [0.2, 0.25) is 5.02 Å². The minimum atomic E-state index is -0.505. The number of allylic oxidation sites excluding steroid dienone is 1. The minimum Gasteiger partial charge on any atom is -0.372 e. The normalized spacial score (nSPS) is 26.5. The Labute approximate surface area is 259 Å². The first-order valence-electron chi connectivity index (χ1n) is 14.9. The van der Waals surface area contributed by atoms with E-state index in [1.165, 1.54) is 18.5 Å². The predicted octanol–water partition coefficient (Wildman–Crippen LogP) is 4.29. The van der Waals surface area contributed by atoms with Gasteiger partial charge in [0.1, 0.15) is 18.0 Å². The van der Waals surface area contributed by atoms with Crippen molar-refractivity contribution in [1.82, 2.24) is 14.9 Å². The van der Waals surface area contributed by atoms with Crippen molar-refractivity contribution < 1.29 is 28.1 Å². The predicted molar refractivity (Wildman–Crippen MR) is 162 cm³/mol. The van der Waals surface area contributed by atoms with Crippen molar-refractivity contribution in [3.05, 3.63) is 70.8 Å². The lowest BCUT2D eigenvalue weighted by molar-refractivity contribution is -0.116. The summed E-state index contributed by atoms with van der Waals surface area (Å²) in [4.78, 5) is 24.4. The van der Waals surface area contributed by atoms with Gasteiger partial charge in [-0.15, -0.1) is 0 Å². The molecule has 5 unspecified atom stereocenters. The minimum absolute atomic E-state index is 0.00235. The van der Waals surface area contributed by atoms with E-state index >= 15 is 0 Å². The van der Waals surface area contributed by atoms with E-state index in [0.717, 1.165) is 30.6 Å². The lowest BCUT2D eigenvalue weighted by Gasteiger charge is -2.24. The summed E-state index contributed by atoms with van der Waals surface area (Å²) in [6, 6.07) is 8.17. The van der Waals surface area contributed by atoms with Gasteiger partial charge in [0.2, 0.25) is 0 Å². The summed E-state index contributed by atoms with van der Waals surface area (Å²) < 4.78 is 36.8. The number of benzene rings is 2. The Hall–Kier alpha value is -3.43. The molecule has 0 aliphatic carbocycles. The number of hydrogen-bond donors (Lipinski definition) is 1. The number of likely N-dealkylation sites (tertiary alicyclic amines) is 1. The summed E-state index contributed by atoms with van der Waals surface area (Å²) in [5.41, 5.74) is 2.74. The number of hydrogen-bond acceptors (Lipinski definition) is 9. The first-order chi connectivity index (χ1) is 21.5. The van der Waals surface area contributed by atoms with Crippen LogP contribution in [0.1, 0.15) is 17.5 Å². The average molecular weight is 619 g/mol. The molecule has 11 heteroatoms. The van der Waals surface area contributed by atoms with Crippen molar-refractivity contribution in [1.29, 1.82) is 0 Å². The van der Waals surface area contributed by atoms with Gasteiger partial charge in [-0.05, 0) is 48.4 Å². The van der Waals surface area contributed by atoms with Crippen molar-refractivity contribution in [2.24, 2.45) is 11.8 Å². The van der Waals surface area contributed by atoms with Crippen LogP contribution in [-0.2, 0) is 30.2 Å². The fraction of sp³-hybridized carbons (Fsp3) is 0.424. The maximum absolute atomic E-state index is 13.7. The Balaban J connectivity index is 1.14. The molecule has 0 amide bonds. The van der Waals surface area contributed by atoms with Crippen LogP contribution in [0.15, 0.2) is 48.8 Å². The Bertz CT molecular complexity index is 1640. The van der Waals surface area contributed by atoms with Gasteiger partial charge in [0.25, 0.3) is 0 Å². The average Bonchev–Trinajstić information content (AvgIpc) is 3.75. The second-order valence-corrected chi connectivity index (χ2v) is 11.9. The second kappa shape index (κ2) is 12.9. The van der Waals surface area contributed by atoms with Gasteiger partial charge < -0.3 is 24.3 Å². The summed E-state index contributed by atoms with van der Waals surface area (Å²) in [6.45, 7) is 4.69. The highest BCUT2D eigenvalue weighted by atomic mass is 35.5. The van der Waals surface area contributed by atoms with E-state index in [-0.39, 0.29) is 47.6 Å². The summed E-state index contributed by atoms with van der Waals surface area (Å²) in [6.07, 6.45) is 6.07. The third-order valence-electron chi connectivity index (χ3n) is 8.54. The molecule has 2 aromatic carbocycles. The highest BCUT2D eigenvalue weighted by Crippen LogP contribution is 2.35. The van der Waals surface area contributed by atoms with E-state index < -0.39 is 5.82 Å². The van der Waals surface area contributed by atoms with Crippen molar-refractivity contribution in [2.45, 2.75) is 31.3 Å². The highest BCUT2D eigenvalue weighted by molar-refractivity contribution is 6.31. The van der Waals surface area contributed by atoms with Crippen LogP contribution in [0.25, 0.3) is 10.9 Å². The highest BCUT2D eigenvalue weighted by Gasteiger charge is 2.41. The van der Waals surface area contributed by atoms with Crippen LogP contribution in [0.5, 0.6) is 0 Å². The van der Waals surface area contributed by atoms with Gasteiger partial charge in [-0.3, -0.25) is 9.69 Å². The number of anilines is 2. The van der Waals surface area contributed by atoms with Gasteiger partial charge in [0.15, 0.2) is 12.1 Å². The zero-order valence-electron chi connectivity index (χ0n) is 24.0. The van der Waals surface area contributed by atoms with E-state index in [0.29, 0.717) is 55.4 Å². The van der Waals surface area contributed by atoms with Crippen molar-refractivity contribution >= 4 is 39.8 Å². The topological polar surface area (TPSA) is 95.0 Å². The monoisotopic (exact) mass is 618 g/mol. The second-order valence-electron chi connectivity index (χ2n) is 11.5. The van der Waals surface area contributed by atoms with E-state index in [9.17, 15) is 9.18 Å². The molecule has 1 aromatic heterocycles. The van der Waals surface area contributed by atoms with Gasteiger partial charge >= 0.3 is 0 Å². The smallest absolute Gasteiger partial charge is 0.161 e. The molecule has 0 radical (unpaired) electrons. The molecule has 0 saturated carbocycles. The van der Waals surface area contributed by atoms with Crippen LogP contribution in [0, 0.1) is 29.5 Å². The molecule has 228 valence electrons. The van der Waals surface area contributed by atoms with Crippen molar-refractivity contribution in [3.63, 3.8) is 0 Å². The van der Waals surface area contributed by atoms with Gasteiger partial charge in [-0.2, -0.15) is 0 Å². The fourth-order valence-corrected chi connectivity index (χ4v) is 6.45. The summed E-state index contributed by atoms with van der Waals surface area (Å²) >= 11 is 6.00. The standard InChI is InChI=1S/C33H32ClFN4O5/c34-27-15-23(5-6-28(27)35)38-32-26-13-22(12-24(40)2-1-8-39-16-30-31(17-39)42-11-10-41-30)20(14-29(26)36-19-37-32)3-4-21-18-44-33-25(21)7-9-43-33/h1-2,5-6,13-15,19,21,25,30-31,33H,7-12,16-18H2,(H,36,37,38)/b2-1+. The number of carbonyl (C=O) groups is 1.